The fraction of sp³-hybridized carbons (Fsp3) is 0.410. The number of Topliss-reactive ketones (excluding diaryl/α,β-unsaturated/α-hetero) is 1. The molecule has 0 radical (unpaired) electrons. The molecule has 0 aromatic heterocycles. The van der Waals surface area contributed by atoms with Crippen molar-refractivity contribution in [3.05, 3.63) is 101 Å². The molecule has 0 fully saturated rings. The van der Waals surface area contributed by atoms with Crippen molar-refractivity contribution in [2.24, 2.45) is 17.2 Å². The van der Waals surface area contributed by atoms with Gasteiger partial charge in [0.2, 0.25) is 11.8 Å². The molecule has 0 aliphatic carbocycles. The number of hydrogen-bond acceptors (Lipinski definition) is 12. The molecule has 15 heteroatoms. The van der Waals surface area contributed by atoms with Gasteiger partial charge in [-0.2, -0.15) is 0 Å². The van der Waals surface area contributed by atoms with Crippen molar-refractivity contribution in [2.75, 3.05) is 20.2 Å². The third-order valence-electron chi connectivity index (χ3n) is 8.94. The largest absolute Gasteiger partial charge is 0.467 e. The molecule has 0 heterocycles. The number of aryl methyl sites for hydroxylation is 1. The van der Waals surface area contributed by atoms with Crippen LogP contribution in [0.25, 0.3) is 0 Å². The number of carbonyl (C=O) groups is 5. The summed E-state index contributed by atoms with van der Waals surface area (Å²) < 4.78 is 39.8. The lowest BCUT2D eigenvalue weighted by atomic mass is 9.78. The number of benzene rings is 3. The Morgan fingerprint density at radius 1 is 0.833 bits per heavy atom. The monoisotopic (exact) mass is 765 g/mol. The summed E-state index contributed by atoms with van der Waals surface area (Å²) in [6.45, 7) is 4.27. The number of ketones is 1. The Hall–Kier alpha value is -4.96. The third-order valence-corrected chi connectivity index (χ3v) is 10.8. The number of carbonyl (C=O) groups excluding carboxylic acids is 5. The van der Waals surface area contributed by atoms with Crippen molar-refractivity contribution in [1.29, 1.82) is 0 Å². The second-order valence-corrected chi connectivity index (χ2v) is 14.8. The van der Waals surface area contributed by atoms with Gasteiger partial charge in [0.25, 0.3) is 10.0 Å². The second-order valence-electron chi connectivity index (χ2n) is 12.9. The van der Waals surface area contributed by atoms with Gasteiger partial charge in [-0.15, -0.1) is 0 Å². The van der Waals surface area contributed by atoms with Crippen LogP contribution in [0.2, 0.25) is 0 Å². The van der Waals surface area contributed by atoms with E-state index in [2.05, 4.69) is 0 Å². The van der Waals surface area contributed by atoms with E-state index in [1.54, 1.807) is 49.4 Å². The van der Waals surface area contributed by atoms with Gasteiger partial charge in [-0.25, -0.2) is 27.2 Å². The zero-order chi connectivity index (χ0) is 40.1. The van der Waals surface area contributed by atoms with E-state index >= 15 is 4.79 Å². The van der Waals surface area contributed by atoms with Crippen molar-refractivity contribution >= 4 is 39.7 Å². The molecule has 3 atom stereocenters. The summed E-state index contributed by atoms with van der Waals surface area (Å²) in [5.41, 5.74) is 16.3. The molecule has 3 amide bonds. The van der Waals surface area contributed by atoms with E-state index in [0.717, 1.165) is 19.6 Å². The molecule has 0 saturated carbocycles. The van der Waals surface area contributed by atoms with Gasteiger partial charge >= 0.3 is 12.1 Å². The summed E-state index contributed by atoms with van der Waals surface area (Å²) in [5, 5.41) is 0. The number of methoxy groups -OCH3 is 1. The fourth-order valence-electron chi connectivity index (χ4n) is 6.24. The first-order chi connectivity index (χ1) is 25.7. The summed E-state index contributed by atoms with van der Waals surface area (Å²) in [5.74, 6) is -3.91. The molecule has 0 saturated heterocycles. The molecular formula is C39H51N5O9S. The molecule has 0 bridgehead atoms. The van der Waals surface area contributed by atoms with Gasteiger partial charge in [0.05, 0.1) is 18.0 Å². The quantitative estimate of drug-likeness (QED) is 0.0898. The molecule has 54 heavy (non-hydrogen) atoms. The highest BCUT2D eigenvalue weighted by Gasteiger charge is 2.55. The number of nitrogens with two attached hydrogens (primary N) is 3. The summed E-state index contributed by atoms with van der Waals surface area (Å²) in [4.78, 5) is 71.4. The van der Waals surface area contributed by atoms with E-state index in [4.69, 9.17) is 26.7 Å². The minimum absolute atomic E-state index is 0.130. The molecule has 0 unspecified atom stereocenters. The summed E-state index contributed by atoms with van der Waals surface area (Å²) >= 11 is 0. The number of nitrogens with zero attached hydrogens (tertiary/aromatic N) is 2. The fourth-order valence-corrected chi connectivity index (χ4v) is 7.82. The van der Waals surface area contributed by atoms with Crippen molar-refractivity contribution in [3.63, 3.8) is 0 Å². The SMILES string of the molecule is COC(=O)[C@](CCCCN)(c1ccccc1C(=O)[C@@H](CCCCN)N(C(C)=O)S(=O)(=O)c1ccc(C)cc1)N(C(=O)OCc1ccccc1)C(=O)[C@H](C)N. The number of unbranched alkanes of at least 4 members (excludes halogenated alkanes) is 2. The van der Waals surface area contributed by atoms with Crippen LogP contribution in [0, 0.1) is 6.92 Å². The molecule has 0 aliphatic heterocycles. The number of hydrogen-bond donors (Lipinski definition) is 3. The minimum Gasteiger partial charge on any atom is -0.467 e. The highest BCUT2D eigenvalue weighted by molar-refractivity contribution is 7.89. The highest BCUT2D eigenvalue weighted by Crippen LogP contribution is 2.40. The molecule has 6 N–H and O–H groups in total. The van der Waals surface area contributed by atoms with Crippen LogP contribution in [-0.4, -0.2) is 79.6 Å². The zero-order valence-corrected chi connectivity index (χ0v) is 32.0. The maximum Gasteiger partial charge on any atom is 0.418 e. The molecular weight excluding hydrogens is 715 g/mol. The lowest BCUT2D eigenvalue weighted by Crippen LogP contribution is -2.61. The average Bonchev–Trinajstić information content (AvgIpc) is 3.15. The van der Waals surface area contributed by atoms with Gasteiger partial charge in [0.15, 0.2) is 11.3 Å². The van der Waals surface area contributed by atoms with E-state index in [0.29, 0.717) is 27.6 Å². The first-order valence-corrected chi connectivity index (χ1v) is 19.2. The van der Waals surface area contributed by atoms with Crippen LogP contribution in [0.15, 0.2) is 83.8 Å². The Morgan fingerprint density at radius 2 is 1.43 bits per heavy atom. The van der Waals surface area contributed by atoms with Crippen molar-refractivity contribution in [3.8, 4) is 0 Å². The molecule has 3 rings (SSSR count). The molecule has 0 spiro atoms. The van der Waals surface area contributed by atoms with Gasteiger partial charge < -0.3 is 26.7 Å². The summed E-state index contributed by atoms with van der Waals surface area (Å²) in [6, 6.07) is 17.2. The number of rotatable bonds is 19. The lowest BCUT2D eigenvalue weighted by Gasteiger charge is -2.41. The lowest BCUT2D eigenvalue weighted by molar-refractivity contribution is -0.162. The van der Waals surface area contributed by atoms with Crippen molar-refractivity contribution in [1.82, 2.24) is 9.21 Å². The van der Waals surface area contributed by atoms with Crippen molar-refractivity contribution in [2.45, 2.75) is 88.4 Å². The Morgan fingerprint density at radius 3 is 2.00 bits per heavy atom. The van der Waals surface area contributed by atoms with E-state index in [1.807, 2.05) is 0 Å². The number of imide groups is 1. The zero-order valence-electron chi connectivity index (χ0n) is 31.2. The van der Waals surface area contributed by atoms with Gasteiger partial charge in [0, 0.05) is 18.1 Å². The van der Waals surface area contributed by atoms with E-state index in [9.17, 15) is 27.6 Å². The van der Waals surface area contributed by atoms with Gasteiger partial charge in [0.1, 0.15) is 12.6 Å². The van der Waals surface area contributed by atoms with Crippen LogP contribution in [0.5, 0.6) is 0 Å². The number of esters is 1. The minimum atomic E-state index is -4.61. The first kappa shape index (κ1) is 43.4. The molecule has 14 nitrogen and oxygen atoms in total. The smallest absolute Gasteiger partial charge is 0.418 e. The summed E-state index contributed by atoms with van der Waals surface area (Å²) in [6.07, 6.45) is -0.509. The van der Waals surface area contributed by atoms with Crippen LogP contribution in [0.1, 0.15) is 79.4 Å². The summed E-state index contributed by atoms with van der Waals surface area (Å²) in [7, 11) is -3.55. The number of amides is 3. The van der Waals surface area contributed by atoms with Crippen LogP contribution in [-0.2, 0) is 46.0 Å². The van der Waals surface area contributed by atoms with Gasteiger partial charge in [-0.1, -0.05) is 72.3 Å². The number of sulfonamides is 1. The Kier molecular flexibility index (Phi) is 16.0. The molecule has 292 valence electrons. The number of ether oxygens (including phenoxy) is 2. The van der Waals surface area contributed by atoms with Gasteiger partial charge in [-0.3, -0.25) is 14.4 Å². The normalized spacial score (nSPS) is 13.5. The standard InChI is InChI=1S/C39H51N5O9S/c1-27-19-21-31(22-20-27)54(50,51)44(29(3)45)34(18-10-12-24-40)35(46)32-16-8-9-17-33(32)39(37(48)52-4,23-11-13-25-41)43(36(47)28(2)42)38(49)53-26-30-14-6-5-7-15-30/h5-9,14-17,19-22,28,34H,10-13,18,23-26,40-42H2,1-4H3/t28-,34+,39-/m0/s1. The Labute approximate surface area is 317 Å². The molecule has 3 aromatic rings. The van der Waals surface area contributed by atoms with Crippen LogP contribution in [0.4, 0.5) is 4.79 Å². The maximum atomic E-state index is 15.0. The van der Waals surface area contributed by atoms with Crippen LogP contribution in [0.3, 0.4) is 0 Å². The van der Waals surface area contributed by atoms with E-state index in [-0.39, 0.29) is 61.4 Å². The Bertz CT molecular complexity index is 1870. The highest BCUT2D eigenvalue weighted by atomic mass is 32.2. The molecule has 0 aliphatic rings. The predicted molar refractivity (Wildman–Crippen MR) is 202 cm³/mol. The maximum absolute atomic E-state index is 15.0. The van der Waals surface area contributed by atoms with E-state index < -0.39 is 57.3 Å². The van der Waals surface area contributed by atoms with Gasteiger partial charge in [-0.05, 0) is 83.2 Å². The predicted octanol–water partition coefficient (Wildman–Crippen LogP) is 3.92. The molecule has 3 aromatic carbocycles. The topological polar surface area (TPSA) is 222 Å². The first-order valence-electron chi connectivity index (χ1n) is 17.7. The Balaban J connectivity index is 2.37. The third kappa shape index (κ3) is 9.96. The van der Waals surface area contributed by atoms with Crippen molar-refractivity contribution < 1.29 is 41.9 Å². The van der Waals surface area contributed by atoms with E-state index in [1.165, 1.54) is 43.3 Å². The van der Waals surface area contributed by atoms with Crippen LogP contribution < -0.4 is 17.2 Å². The van der Waals surface area contributed by atoms with Crippen LogP contribution >= 0.6 is 0 Å². The second kappa shape index (κ2) is 19.9. The average molecular weight is 766 g/mol.